The molecule has 3 nitrogen and oxygen atoms in total. The van der Waals surface area contributed by atoms with Crippen molar-refractivity contribution in [3.63, 3.8) is 0 Å². The lowest BCUT2D eigenvalue weighted by molar-refractivity contribution is -0.138. The van der Waals surface area contributed by atoms with Gasteiger partial charge in [-0.15, -0.1) is 0 Å². The number of carbonyl (C=O) groups excluding carboxylic acids is 1. The molecule has 142 valence electrons. The highest BCUT2D eigenvalue weighted by Gasteiger charge is 2.31. The van der Waals surface area contributed by atoms with Gasteiger partial charge in [0.25, 0.3) is 5.91 Å². The third kappa shape index (κ3) is 4.32. The van der Waals surface area contributed by atoms with Crippen molar-refractivity contribution < 1.29 is 18.0 Å². The van der Waals surface area contributed by atoms with Crippen LogP contribution in [0, 0.1) is 11.3 Å². The standard InChI is InChI=1S/C22H17F3N2O/c1-27(14-22(23,24)25)21(28)18-9-10-20-17(13-18)3-2-4-19(20)16-7-5-15(6-8-16)11-12-26/h2-10,13H,11,14H2,1H3. The van der Waals surface area contributed by atoms with Gasteiger partial charge in [0.15, 0.2) is 0 Å². The molecular formula is C22H17F3N2O. The molecule has 6 heteroatoms. The quantitative estimate of drug-likeness (QED) is 0.622. The van der Waals surface area contributed by atoms with Crippen molar-refractivity contribution in [1.82, 2.24) is 4.90 Å². The van der Waals surface area contributed by atoms with Gasteiger partial charge in [-0.25, -0.2) is 0 Å². The van der Waals surface area contributed by atoms with Crippen molar-refractivity contribution in [2.24, 2.45) is 0 Å². The number of hydrogen-bond donors (Lipinski definition) is 0. The number of alkyl halides is 3. The fourth-order valence-electron chi connectivity index (χ4n) is 3.12. The zero-order chi connectivity index (χ0) is 20.3. The number of nitriles is 1. The van der Waals surface area contributed by atoms with E-state index < -0.39 is 18.6 Å². The maximum Gasteiger partial charge on any atom is 0.406 e. The molecule has 0 aliphatic carbocycles. The summed E-state index contributed by atoms with van der Waals surface area (Å²) in [7, 11) is 1.14. The number of fused-ring (bicyclic) bond motifs is 1. The maximum absolute atomic E-state index is 12.5. The first kappa shape index (κ1) is 19.4. The van der Waals surface area contributed by atoms with Crippen molar-refractivity contribution >= 4 is 16.7 Å². The molecule has 3 rings (SSSR count). The number of amides is 1. The van der Waals surface area contributed by atoms with Gasteiger partial charge < -0.3 is 4.90 Å². The van der Waals surface area contributed by atoms with E-state index in [2.05, 4.69) is 6.07 Å². The Bertz CT molecular complexity index is 1050. The Balaban J connectivity index is 1.94. The van der Waals surface area contributed by atoms with Crippen LogP contribution in [0.3, 0.4) is 0 Å². The third-order valence-electron chi connectivity index (χ3n) is 4.44. The van der Waals surface area contributed by atoms with Crippen molar-refractivity contribution in [3.8, 4) is 17.2 Å². The molecule has 0 saturated heterocycles. The third-order valence-corrected chi connectivity index (χ3v) is 4.44. The van der Waals surface area contributed by atoms with Crippen molar-refractivity contribution in [1.29, 1.82) is 5.26 Å². The van der Waals surface area contributed by atoms with Gasteiger partial charge in [0.1, 0.15) is 6.54 Å². The summed E-state index contributed by atoms with van der Waals surface area (Å²) in [6.07, 6.45) is -4.10. The van der Waals surface area contributed by atoms with Crippen LogP contribution < -0.4 is 0 Å². The van der Waals surface area contributed by atoms with Gasteiger partial charge in [0.2, 0.25) is 0 Å². The van der Waals surface area contributed by atoms with E-state index in [1.54, 1.807) is 18.2 Å². The van der Waals surface area contributed by atoms with E-state index in [9.17, 15) is 18.0 Å². The lowest BCUT2D eigenvalue weighted by Gasteiger charge is -2.19. The van der Waals surface area contributed by atoms with Gasteiger partial charge in [0.05, 0.1) is 12.5 Å². The SMILES string of the molecule is CN(CC(F)(F)F)C(=O)c1ccc2c(-c3ccc(CC#N)cc3)cccc2c1. The van der Waals surface area contributed by atoms with Crippen LogP contribution in [0.4, 0.5) is 13.2 Å². The number of carbonyl (C=O) groups is 1. The first-order chi connectivity index (χ1) is 13.3. The zero-order valence-corrected chi connectivity index (χ0v) is 15.1. The summed E-state index contributed by atoms with van der Waals surface area (Å²) in [6.45, 7) is -1.29. The monoisotopic (exact) mass is 382 g/mol. The van der Waals surface area contributed by atoms with Crippen LogP contribution in [0.15, 0.2) is 60.7 Å². The van der Waals surface area contributed by atoms with Gasteiger partial charge in [-0.05, 0) is 39.6 Å². The molecule has 28 heavy (non-hydrogen) atoms. The smallest absolute Gasteiger partial charge is 0.333 e. The van der Waals surface area contributed by atoms with Crippen molar-refractivity contribution in [2.45, 2.75) is 12.6 Å². The van der Waals surface area contributed by atoms with Crippen molar-refractivity contribution in [3.05, 3.63) is 71.8 Å². The van der Waals surface area contributed by atoms with Crippen LogP contribution in [-0.4, -0.2) is 30.6 Å². The fraction of sp³-hybridized carbons (Fsp3) is 0.182. The van der Waals surface area contributed by atoms with E-state index in [1.165, 1.54) is 0 Å². The summed E-state index contributed by atoms with van der Waals surface area (Å²) in [5.41, 5.74) is 3.04. The molecule has 0 radical (unpaired) electrons. The highest BCUT2D eigenvalue weighted by atomic mass is 19.4. The number of nitrogens with zero attached hydrogens (tertiary/aromatic N) is 2. The highest BCUT2D eigenvalue weighted by Crippen LogP contribution is 2.30. The topological polar surface area (TPSA) is 44.1 Å². The van der Waals surface area contributed by atoms with E-state index in [4.69, 9.17) is 5.26 Å². The molecule has 3 aromatic carbocycles. The van der Waals surface area contributed by atoms with Crippen LogP contribution in [-0.2, 0) is 6.42 Å². The van der Waals surface area contributed by atoms with Crippen LogP contribution in [0.2, 0.25) is 0 Å². The summed E-state index contributed by atoms with van der Waals surface area (Å²) in [4.78, 5) is 13.0. The Kier molecular flexibility index (Phi) is 5.36. The van der Waals surface area contributed by atoms with Crippen LogP contribution >= 0.6 is 0 Å². The normalized spacial score (nSPS) is 11.2. The molecule has 0 aliphatic rings. The molecular weight excluding hydrogens is 365 g/mol. The minimum atomic E-state index is -4.44. The molecule has 0 aromatic heterocycles. The van der Waals surface area contributed by atoms with Gasteiger partial charge >= 0.3 is 6.18 Å². The minimum Gasteiger partial charge on any atom is -0.333 e. The van der Waals surface area contributed by atoms with Gasteiger partial charge in [0, 0.05) is 12.6 Å². The zero-order valence-electron chi connectivity index (χ0n) is 15.1. The lowest BCUT2D eigenvalue weighted by atomic mass is 9.96. The van der Waals surface area contributed by atoms with E-state index in [0.717, 1.165) is 34.5 Å². The maximum atomic E-state index is 12.5. The Morgan fingerprint density at radius 1 is 1.07 bits per heavy atom. The number of rotatable bonds is 4. The average molecular weight is 382 g/mol. The van der Waals surface area contributed by atoms with Crippen molar-refractivity contribution in [2.75, 3.05) is 13.6 Å². The second-order valence-electron chi connectivity index (χ2n) is 6.55. The molecule has 0 fully saturated rings. The first-order valence-corrected chi connectivity index (χ1v) is 8.60. The predicted octanol–water partition coefficient (Wildman–Crippen LogP) is 5.21. The van der Waals surface area contributed by atoms with E-state index in [-0.39, 0.29) is 5.56 Å². The number of benzene rings is 3. The predicted molar refractivity (Wildman–Crippen MR) is 102 cm³/mol. The molecule has 0 atom stereocenters. The molecule has 0 bridgehead atoms. The molecule has 0 spiro atoms. The van der Waals surface area contributed by atoms with Gasteiger partial charge in [-0.1, -0.05) is 48.5 Å². The van der Waals surface area contributed by atoms with Crippen LogP contribution in [0.25, 0.3) is 21.9 Å². The Morgan fingerprint density at radius 3 is 2.43 bits per heavy atom. The molecule has 3 aromatic rings. The molecule has 0 saturated carbocycles. The second-order valence-corrected chi connectivity index (χ2v) is 6.55. The molecule has 0 aliphatic heterocycles. The van der Waals surface area contributed by atoms with Crippen LogP contribution in [0.5, 0.6) is 0 Å². The summed E-state index contributed by atoms with van der Waals surface area (Å²) in [5, 5.41) is 10.4. The Morgan fingerprint density at radius 2 is 1.79 bits per heavy atom. The number of hydrogen-bond acceptors (Lipinski definition) is 2. The molecule has 0 unspecified atom stereocenters. The highest BCUT2D eigenvalue weighted by molar-refractivity contribution is 6.02. The first-order valence-electron chi connectivity index (χ1n) is 8.60. The lowest BCUT2D eigenvalue weighted by Crippen LogP contribution is -2.35. The van der Waals surface area contributed by atoms with Gasteiger partial charge in [-0.3, -0.25) is 4.79 Å². The molecule has 1 amide bonds. The summed E-state index contributed by atoms with van der Waals surface area (Å²) in [6, 6.07) is 20.3. The Hall–Kier alpha value is -3.33. The average Bonchev–Trinajstić information content (AvgIpc) is 2.66. The van der Waals surface area contributed by atoms with Gasteiger partial charge in [-0.2, -0.15) is 18.4 Å². The summed E-state index contributed by atoms with van der Waals surface area (Å²) in [5.74, 6) is -0.675. The second kappa shape index (κ2) is 7.73. The van der Waals surface area contributed by atoms with Crippen LogP contribution in [0.1, 0.15) is 15.9 Å². The molecule has 0 heterocycles. The largest absolute Gasteiger partial charge is 0.406 e. The van der Waals surface area contributed by atoms with E-state index >= 15 is 0 Å². The Labute approximate surface area is 160 Å². The summed E-state index contributed by atoms with van der Waals surface area (Å²) >= 11 is 0. The van der Waals surface area contributed by atoms with E-state index in [0.29, 0.717) is 11.3 Å². The number of halogens is 3. The van der Waals surface area contributed by atoms with E-state index in [1.807, 2.05) is 42.5 Å². The molecule has 0 N–H and O–H groups in total. The summed E-state index contributed by atoms with van der Waals surface area (Å²) < 4.78 is 37.6. The minimum absolute atomic E-state index is 0.209. The fourth-order valence-corrected chi connectivity index (χ4v) is 3.12.